The van der Waals surface area contributed by atoms with Crippen LogP contribution in [0.15, 0.2) is 30.7 Å². The van der Waals surface area contributed by atoms with Gasteiger partial charge in [-0.1, -0.05) is 13.8 Å². The number of hydrogen-bond donors (Lipinski definition) is 1. The molecular weight excluding hydrogens is 288 g/mol. The van der Waals surface area contributed by atoms with Gasteiger partial charge in [-0.05, 0) is 43.4 Å². The monoisotopic (exact) mass is 312 g/mol. The highest BCUT2D eigenvalue weighted by Crippen LogP contribution is 2.37. The standard InChI is InChI=1S/C18H24N4O/c1-3-13(4-2)18(23)22-11-5-6-16(22)17-15(12-20-21-17)14-7-9-19-10-8-14/h7-10,12-13,16H,3-6,11H2,1-2H3,(H,20,21). The molecule has 0 bridgehead atoms. The average molecular weight is 312 g/mol. The van der Waals surface area contributed by atoms with Crippen molar-refractivity contribution in [3.05, 3.63) is 36.4 Å². The molecule has 0 aromatic carbocycles. The molecule has 1 aliphatic heterocycles. The summed E-state index contributed by atoms with van der Waals surface area (Å²) in [7, 11) is 0. The lowest BCUT2D eigenvalue weighted by molar-refractivity contribution is -0.136. The molecule has 23 heavy (non-hydrogen) atoms. The smallest absolute Gasteiger partial charge is 0.226 e. The van der Waals surface area contributed by atoms with Crippen LogP contribution in [0.25, 0.3) is 11.1 Å². The first kappa shape index (κ1) is 15.7. The van der Waals surface area contributed by atoms with Gasteiger partial charge in [0.25, 0.3) is 0 Å². The second-order valence-corrected chi connectivity index (χ2v) is 6.14. The first-order chi connectivity index (χ1) is 11.3. The lowest BCUT2D eigenvalue weighted by Crippen LogP contribution is -2.35. The molecule has 1 fully saturated rings. The molecule has 1 N–H and O–H groups in total. The van der Waals surface area contributed by atoms with E-state index in [4.69, 9.17) is 0 Å². The van der Waals surface area contributed by atoms with E-state index in [1.807, 2.05) is 18.3 Å². The van der Waals surface area contributed by atoms with Gasteiger partial charge in [-0.3, -0.25) is 14.9 Å². The van der Waals surface area contributed by atoms with Crippen LogP contribution in [0.3, 0.4) is 0 Å². The van der Waals surface area contributed by atoms with E-state index < -0.39 is 0 Å². The fraction of sp³-hybridized carbons (Fsp3) is 0.500. The SMILES string of the molecule is CCC(CC)C(=O)N1CCCC1c1[nH]ncc1-c1ccncc1. The van der Waals surface area contributed by atoms with Crippen molar-refractivity contribution in [2.45, 2.75) is 45.6 Å². The average Bonchev–Trinajstić information content (AvgIpc) is 3.25. The predicted molar refractivity (Wildman–Crippen MR) is 89.6 cm³/mol. The first-order valence-corrected chi connectivity index (χ1v) is 8.50. The molecule has 1 atom stereocenters. The minimum absolute atomic E-state index is 0.105. The van der Waals surface area contributed by atoms with Gasteiger partial charge in [0, 0.05) is 30.4 Å². The Morgan fingerprint density at radius 2 is 2.09 bits per heavy atom. The van der Waals surface area contributed by atoms with Gasteiger partial charge in [0.2, 0.25) is 5.91 Å². The summed E-state index contributed by atoms with van der Waals surface area (Å²) in [5, 5.41) is 7.38. The number of aromatic nitrogens is 3. The summed E-state index contributed by atoms with van der Waals surface area (Å²) in [6.07, 6.45) is 9.26. The maximum Gasteiger partial charge on any atom is 0.226 e. The molecule has 0 aliphatic carbocycles. The highest BCUT2D eigenvalue weighted by Gasteiger charge is 2.34. The molecule has 3 heterocycles. The first-order valence-electron chi connectivity index (χ1n) is 8.50. The zero-order valence-corrected chi connectivity index (χ0v) is 13.8. The third-order valence-corrected chi connectivity index (χ3v) is 4.86. The van der Waals surface area contributed by atoms with Crippen molar-refractivity contribution in [1.29, 1.82) is 0 Å². The molecule has 2 aromatic rings. The van der Waals surface area contributed by atoms with Crippen molar-refractivity contribution in [3.63, 3.8) is 0 Å². The lowest BCUT2D eigenvalue weighted by Gasteiger charge is -2.28. The Bertz CT molecular complexity index is 648. The number of likely N-dealkylation sites (tertiary alicyclic amines) is 1. The van der Waals surface area contributed by atoms with Gasteiger partial charge < -0.3 is 4.90 Å². The summed E-state index contributed by atoms with van der Waals surface area (Å²) in [6, 6.07) is 4.07. The van der Waals surface area contributed by atoms with Gasteiger partial charge in [-0.2, -0.15) is 5.10 Å². The van der Waals surface area contributed by atoms with Crippen LogP contribution in [0, 0.1) is 5.92 Å². The number of aromatic amines is 1. The molecule has 0 saturated carbocycles. The predicted octanol–water partition coefficient (Wildman–Crippen LogP) is 3.57. The second kappa shape index (κ2) is 6.94. The largest absolute Gasteiger partial charge is 0.334 e. The highest BCUT2D eigenvalue weighted by atomic mass is 16.2. The number of H-pyrrole nitrogens is 1. The zero-order valence-electron chi connectivity index (χ0n) is 13.8. The van der Waals surface area contributed by atoms with Crippen molar-refractivity contribution in [1.82, 2.24) is 20.1 Å². The fourth-order valence-electron chi connectivity index (χ4n) is 3.51. The van der Waals surface area contributed by atoms with Crippen LogP contribution in [0.5, 0.6) is 0 Å². The van der Waals surface area contributed by atoms with E-state index in [2.05, 4.69) is 33.9 Å². The molecule has 5 heteroatoms. The molecule has 122 valence electrons. The third-order valence-electron chi connectivity index (χ3n) is 4.86. The summed E-state index contributed by atoms with van der Waals surface area (Å²) < 4.78 is 0. The molecular formula is C18H24N4O. The second-order valence-electron chi connectivity index (χ2n) is 6.14. The lowest BCUT2D eigenvalue weighted by atomic mass is 9.98. The Kier molecular flexibility index (Phi) is 4.74. The summed E-state index contributed by atoms with van der Waals surface area (Å²) in [6.45, 7) is 5.03. The summed E-state index contributed by atoms with van der Waals surface area (Å²) in [5.41, 5.74) is 3.21. The van der Waals surface area contributed by atoms with Crippen LogP contribution in [-0.2, 0) is 4.79 Å². The van der Waals surface area contributed by atoms with Crippen molar-refractivity contribution < 1.29 is 4.79 Å². The number of nitrogens with zero attached hydrogens (tertiary/aromatic N) is 3. The normalized spacial score (nSPS) is 17.9. The molecule has 1 unspecified atom stereocenters. The maximum atomic E-state index is 12.8. The van der Waals surface area contributed by atoms with Gasteiger partial charge in [-0.15, -0.1) is 0 Å². The van der Waals surface area contributed by atoms with Crippen molar-refractivity contribution in [3.8, 4) is 11.1 Å². The molecule has 0 spiro atoms. The van der Waals surface area contributed by atoms with Gasteiger partial charge in [0.1, 0.15) is 0 Å². The Balaban J connectivity index is 1.90. The quantitative estimate of drug-likeness (QED) is 0.918. The fourth-order valence-corrected chi connectivity index (χ4v) is 3.51. The van der Waals surface area contributed by atoms with E-state index >= 15 is 0 Å². The molecule has 2 aromatic heterocycles. The van der Waals surface area contributed by atoms with Crippen LogP contribution < -0.4 is 0 Å². The third kappa shape index (κ3) is 3.00. The van der Waals surface area contributed by atoms with Crippen LogP contribution in [0.1, 0.15) is 51.3 Å². The number of nitrogens with one attached hydrogen (secondary N) is 1. The summed E-state index contributed by atoms with van der Waals surface area (Å²) in [4.78, 5) is 19.0. The van der Waals surface area contributed by atoms with E-state index in [9.17, 15) is 4.79 Å². The van der Waals surface area contributed by atoms with Gasteiger partial charge in [0.15, 0.2) is 0 Å². The van der Waals surface area contributed by atoms with Crippen molar-refractivity contribution in [2.75, 3.05) is 6.54 Å². The minimum atomic E-state index is 0.105. The number of amides is 1. The Hall–Kier alpha value is -2.17. The Labute approximate surface area is 137 Å². The molecule has 1 saturated heterocycles. The van der Waals surface area contributed by atoms with Gasteiger partial charge >= 0.3 is 0 Å². The minimum Gasteiger partial charge on any atom is -0.334 e. The number of carbonyl (C=O) groups is 1. The van der Waals surface area contributed by atoms with Gasteiger partial charge in [0.05, 0.1) is 17.9 Å². The molecule has 3 rings (SSSR count). The molecule has 0 radical (unpaired) electrons. The van der Waals surface area contributed by atoms with Crippen LogP contribution in [-0.4, -0.2) is 32.5 Å². The van der Waals surface area contributed by atoms with E-state index in [-0.39, 0.29) is 17.9 Å². The van der Waals surface area contributed by atoms with Crippen molar-refractivity contribution in [2.24, 2.45) is 5.92 Å². The summed E-state index contributed by atoms with van der Waals surface area (Å²) >= 11 is 0. The molecule has 5 nitrogen and oxygen atoms in total. The molecule has 1 amide bonds. The maximum absolute atomic E-state index is 12.8. The Morgan fingerprint density at radius 1 is 1.35 bits per heavy atom. The topological polar surface area (TPSA) is 61.9 Å². The molecule has 1 aliphatic rings. The number of rotatable bonds is 5. The highest BCUT2D eigenvalue weighted by molar-refractivity contribution is 5.80. The van der Waals surface area contributed by atoms with Crippen molar-refractivity contribution >= 4 is 5.91 Å². The van der Waals surface area contributed by atoms with E-state index in [1.165, 1.54) is 0 Å². The van der Waals surface area contributed by atoms with Gasteiger partial charge in [-0.25, -0.2) is 0 Å². The number of pyridine rings is 1. The van der Waals surface area contributed by atoms with Crippen LogP contribution >= 0.6 is 0 Å². The Morgan fingerprint density at radius 3 is 2.78 bits per heavy atom. The summed E-state index contributed by atoms with van der Waals surface area (Å²) in [5.74, 6) is 0.413. The van der Waals surface area contributed by atoms with E-state index in [1.54, 1.807) is 12.4 Å². The van der Waals surface area contributed by atoms with Crippen LogP contribution in [0.2, 0.25) is 0 Å². The van der Waals surface area contributed by atoms with Crippen LogP contribution in [0.4, 0.5) is 0 Å². The zero-order chi connectivity index (χ0) is 16.2. The van der Waals surface area contributed by atoms with E-state index in [0.29, 0.717) is 0 Å². The number of hydrogen-bond acceptors (Lipinski definition) is 3. The number of carbonyl (C=O) groups excluding carboxylic acids is 1. The van der Waals surface area contributed by atoms with E-state index in [0.717, 1.165) is 49.0 Å².